The van der Waals surface area contributed by atoms with Crippen molar-refractivity contribution in [1.29, 1.82) is 0 Å². The smallest absolute Gasteiger partial charge is 0.368 e. The van der Waals surface area contributed by atoms with Gasteiger partial charge in [0.2, 0.25) is 5.91 Å². The highest BCUT2D eigenvalue weighted by molar-refractivity contribution is 7.80. The zero-order chi connectivity index (χ0) is 22.0. The fraction of sp³-hybridized carbons (Fsp3) is 0.250. The number of alkyl halides is 3. The predicted molar refractivity (Wildman–Crippen MR) is 96.0 cm³/mol. The summed E-state index contributed by atoms with van der Waals surface area (Å²) in [6.07, 6.45) is -4.64. The molecule has 3 N–H and O–H groups in total. The molecule has 0 aliphatic carbocycles. The van der Waals surface area contributed by atoms with Crippen LogP contribution in [0.4, 0.5) is 18.0 Å². The molecule has 2 bridgehead atoms. The van der Waals surface area contributed by atoms with Crippen molar-refractivity contribution in [1.82, 2.24) is 9.96 Å². The minimum absolute atomic E-state index is 0.146. The standard InChI is InChI=1S/C16H12F3N3O6S2/c17-16(18,19)9-4-2-1-3-7(9)11-5-8-10-6-21(12(14(20)23)13(8)29-11)15(24)22(10)28-30(25,26)27/h1-5,10,12H,6H2,(H2,20,23)(H,25,26,27)/t10-,12?/m1/s1. The molecule has 3 amide bonds. The molecule has 160 valence electrons. The van der Waals surface area contributed by atoms with Crippen molar-refractivity contribution in [3.63, 3.8) is 0 Å². The Kier molecular flexibility index (Phi) is 4.57. The van der Waals surface area contributed by atoms with Crippen LogP contribution in [0.1, 0.15) is 28.1 Å². The molecule has 1 saturated heterocycles. The van der Waals surface area contributed by atoms with Gasteiger partial charge in [-0.05, 0) is 17.7 Å². The Labute approximate surface area is 171 Å². The zero-order valence-electron chi connectivity index (χ0n) is 14.7. The third-order valence-corrected chi connectivity index (χ3v) is 6.32. The van der Waals surface area contributed by atoms with Crippen molar-refractivity contribution in [3.05, 3.63) is 46.3 Å². The van der Waals surface area contributed by atoms with Crippen molar-refractivity contribution >= 4 is 33.7 Å². The van der Waals surface area contributed by atoms with Crippen LogP contribution in [-0.4, -0.2) is 41.4 Å². The number of amides is 3. The zero-order valence-corrected chi connectivity index (χ0v) is 16.3. The minimum atomic E-state index is -5.07. The number of hydrogen-bond donors (Lipinski definition) is 2. The summed E-state index contributed by atoms with van der Waals surface area (Å²) in [5.41, 5.74) is 4.58. The number of rotatable bonds is 4. The van der Waals surface area contributed by atoms with E-state index in [-0.39, 0.29) is 27.4 Å². The Morgan fingerprint density at radius 1 is 1.30 bits per heavy atom. The number of urea groups is 1. The Bertz CT molecular complexity index is 1160. The molecular formula is C16H12F3N3O6S2. The number of thiophene rings is 1. The average Bonchev–Trinajstić information content (AvgIpc) is 3.17. The van der Waals surface area contributed by atoms with E-state index < -0.39 is 46.2 Å². The number of halogens is 3. The number of nitrogens with two attached hydrogens (primary N) is 1. The summed E-state index contributed by atoms with van der Waals surface area (Å²) < 4.78 is 75.9. The lowest BCUT2D eigenvalue weighted by molar-refractivity contribution is -0.137. The van der Waals surface area contributed by atoms with Gasteiger partial charge < -0.3 is 10.6 Å². The van der Waals surface area contributed by atoms with Gasteiger partial charge in [0.15, 0.2) is 0 Å². The minimum Gasteiger partial charge on any atom is -0.368 e. The molecule has 0 radical (unpaired) electrons. The van der Waals surface area contributed by atoms with Crippen LogP contribution in [0, 0.1) is 0 Å². The molecule has 2 aliphatic rings. The van der Waals surface area contributed by atoms with Gasteiger partial charge in [-0.2, -0.15) is 26.7 Å². The van der Waals surface area contributed by atoms with Crippen molar-refractivity contribution < 1.29 is 40.0 Å². The number of carbonyl (C=O) groups is 2. The second-order valence-electron chi connectivity index (χ2n) is 6.56. The van der Waals surface area contributed by atoms with Crippen LogP contribution in [-0.2, 0) is 25.7 Å². The summed E-state index contributed by atoms with van der Waals surface area (Å²) >= 11 is 0.836. The molecule has 30 heavy (non-hydrogen) atoms. The summed E-state index contributed by atoms with van der Waals surface area (Å²) in [6.45, 7) is -0.202. The van der Waals surface area contributed by atoms with E-state index in [1.807, 2.05) is 0 Å². The molecule has 3 heterocycles. The number of fused-ring (bicyclic) bond motifs is 4. The van der Waals surface area contributed by atoms with Crippen LogP contribution in [0.2, 0.25) is 0 Å². The van der Waals surface area contributed by atoms with E-state index in [9.17, 15) is 31.2 Å². The van der Waals surface area contributed by atoms with Crippen molar-refractivity contribution in [2.45, 2.75) is 18.3 Å². The van der Waals surface area contributed by atoms with Gasteiger partial charge in [-0.25, -0.2) is 4.79 Å². The quantitative estimate of drug-likeness (QED) is 0.670. The fourth-order valence-electron chi connectivity index (χ4n) is 3.62. The predicted octanol–water partition coefficient (Wildman–Crippen LogP) is 2.49. The van der Waals surface area contributed by atoms with E-state index in [2.05, 4.69) is 4.28 Å². The van der Waals surface area contributed by atoms with E-state index >= 15 is 0 Å². The SMILES string of the molecule is NC(=O)C1c2sc(-c3ccccc3C(F)(F)F)cc2[C@H]2CN1C(=O)N2OS(=O)(=O)O. The van der Waals surface area contributed by atoms with Gasteiger partial charge >= 0.3 is 22.6 Å². The van der Waals surface area contributed by atoms with Crippen LogP contribution in [0.15, 0.2) is 30.3 Å². The van der Waals surface area contributed by atoms with Crippen LogP contribution < -0.4 is 5.73 Å². The number of nitrogens with zero attached hydrogens (tertiary/aromatic N) is 2. The third-order valence-electron chi connectivity index (χ3n) is 4.74. The van der Waals surface area contributed by atoms with Gasteiger partial charge in [-0.15, -0.1) is 15.6 Å². The number of hydrogen-bond acceptors (Lipinski definition) is 6. The summed E-state index contributed by atoms with van der Waals surface area (Å²) in [6, 6.07) is 2.73. The van der Waals surface area contributed by atoms with Crippen molar-refractivity contribution in [3.8, 4) is 10.4 Å². The van der Waals surface area contributed by atoms with E-state index in [1.165, 1.54) is 24.3 Å². The number of carbonyl (C=O) groups excluding carboxylic acids is 2. The van der Waals surface area contributed by atoms with Crippen LogP contribution in [0.3, 0.4) is 0 Å². The van der Waals surface area contributed by atoms with Gasteiger partial charge in [0.1, 0.15) is 12.1 Å². The number of benzene rings is 1. The largest absolute Gasteiger partial charge is 0.418 e. The molecule has 1 aromatic heterocycles. The van der Waals surface area contributed by atoms with Gasteiger partial charge in [0, 0.05) is 15.3 Å². The molecule has 0 spiro atoms. The lowest BCUT2D eigenvalue weighted by Gasteiger charge is -2.27. The van der Waals surface area contributed by atoms with Crippen molar-refractivity contribution in [2.75, 3.05) is 6.54 Å². The molecule has 2 atom stereocenters. The van der Waals surface area contributed by atoms with Crippen LogP contribution in [0.5, 0.6) is 0 Å². The van der Waals surface area contributed by atoms with E-state index in [0.717, 1.165) is 22.3 Å². The first-order valence-corrected chi connectivity index (χ1v) is 10.4. The molecule has 4 rings (SSSR count). The molecule has 0 saturated carbocycles. The maximum atomic E-state index is 13.4. The summed E-state index contributed by atoms with van der Waals surface area (Å²) in [5.74, 6) is -0.950. The lowest BCUT2D eigenvalue weighted by atomic mass is 9.97. The molecule has 1 unspecified atom stereocenters. The first-order chi connectivity index (χ1) is 13.9. The highest BCUT2D eigenvalue weighted by Gasteiger charge is 2.53. The van der Waals surface area contributed by atoms with Crippen molar-refractivity contribution in [2.24, 2.45) is 5.73 Å². The van der Waals surface area contributed by atoms with Crippen LogP contribution >= 0.6 is 11.3 Å². The monoisotopic (exact) mass is 463 g/mol. The highest BCUT2D eigenvalue weighted by atomic mass is 32.3. The van der Waals surface area contributed by atoms with Gasteiger partial charge in [-0.3, -0.25) is 9.35 Å². The summed E-state index contributed by atoms with van der Waals surface area (Å²) in [5, 5.41) is 0.364. The Hall–Kier alpha value is -2.68. The molecular weight excluding hydrogens is 451 g/mol. The second kappa shape index (κ2) is 6.66. The molecule has 2 aliphatic heterocycles. The maximum absolute atomic E-state index is 13.4. The second-order valence-corrected chi connectivity index (χ2v) is 8.65. The van der Waals surface area contributed by atoms with Gasteiger partial charge in [0.25, 0.3) is 0 Å². The molecule has 9 nitrogen and oxygen atoms in total. The molecule has 2 aromatic rings. The Balaban J connectivity index is 1.87. The molecule has 1 fully saturated rings. The Morgan fingerprint density at radius 3 is 2.57 bits per heavy atom. The first-order valence-electron chi connectivity index (χ1n) is 8.25. The van der Waals surface area contributed by atoms with E-state index in [4.69, 9.17) is 10.3 Å². The fourth-order valence-corrected chi connectivity index (χ4v) is 5.37. The lowest BCUT2D eigenvalue weighted by Crippen LogP contribution is -2.41. The van der Waals surface area contributed by atoms with Gasteiger partial charge in [-0.1, -0.05) is 18.2 Å². The Morgan fingerprint density at radius 2 is 1.97 bits per heavy atom. The molecule has 1 aromatic carbocycles. The van der Waals surface area contributed by atoms with E-state index in [1.54, 1.807) is 0 Å². The topological polar surface area (TPSA) is 130 Å². The number of primary amides is 1. The summed E-state index contributed by atoms with van der Waals surface area (Å²) in [7, 11) is -5.07. The maximum Gasteiger partial charge on any atom is 0.418 e. The third kappa shape index (κ3) is 3.30. The normalized spacial score (nSPS) is 21.1. The van der Waals surface area contributed by atoms with E-state index in [0.29, 0.717) is 5.06 Å². The highest BCUT2D eigenvalue weighted by Crippen LogP contribution is 2.50. The molecule has 14 heteroatoms. The number of hydroxylamine groups is 2. The van der Waals surface area contributed by atoms with Gasteiger partial charge in [0.05, 0.1) is 12.1 Å². The first kappa shape index (κ1) is 20.6. The van der Waals surface area contributed by atoms with Crippen LogP contribution in [0.25, 0.3) is 10.4 Å². The summed E-state index contributed by atoms with van der Waals surface area (Å²) in [4.78, 5) is 25.8. The average molecular weight is 463 g/mol.